The summed E-state index contributed by atoms with van der Waals surface area (Å²) in [5.74, 6) is -0.846. The van der Waals surface area contributed by atoms with E-state index in [9.17, 15) is 9.18 Å². The van der Waals surface area contributed by atoms with Gasteiger partial charge in [-0.1, -0.05) is 0 Å². The van der Waals surface area contributed by atoms with Gasteiger partial charge in [0.15, 0.2) is 0 Å². The lowest BCUT2D eigenvalue weighted by molar-refractivity contribution is 0.0953. The number of carbonyl (C=O) groups excluding carboxylic acids is 1. The normalized spacial score (nSPS) is 10.4. The third-order valence-electron chi connectivity index (χ3n) is 2.44. The molecule has 4 nitrogen and oxygen atoms in total. The molecule has 1 heterocycles. The Labute approximate surface area is 122 Å². The van der Waals surface area contributed by atoms with Crippen LogP contribution in [-0.4, -0.2) is 17.4 Å². The van der Waals surface area contributed by atoms with E-state index >= 15 is 0 Å². The summed E-state index contributed by atoms with van der Waals surface area (Å²) in [5.41, 5.74) is 5.72. The molecule has 2 aromatic rings. The summed E-state index contributed by atoms with van der Waals surface area (Å²) in [6, 6.07) is 2.50. The molecule has 1 aromatic heterocycles. The minimum absolute atomic E-state index is 0.0479. The number of halogens is 2. The first-order valence-corrected chi connectivity index (χ1v) is 7.16. The molecule has 19 heavy (non-hydrogen) atoms. The van der Waals surface area contributed by atoms with E-state index in [1.807, 2.05) is 5.38 Å². The van der Waals surface area contributed by atoms with Crippen LogP contribution < -0.4 is 11.1 Å². The summed E-state index contributed by atoms with van der Waals surface area (Å²) < 4.78 is 13.5. The molecule has 0 atom stereocenters. The number of benzene rings is 1. The van der Waals surface area contributed by atoms with Gasteiger partial charge in [0.25, 0.3) is 5.91 Å². The van der Waals surface area contributed by atoms with Gasteiger partial charge in [0.1, 0.15) is 5.82 Å². The predicted molar refractivity (Wildman–Crippen MR) is 76.7 cm³/mol. The largest absolute Gasteiger partial charge is 0.396 e. The molecule has 7 heteroatoms. The number of hydrogen-bond donors (Lipinski definition) is 2. The maximum Gasteiger partial charge on any atom is 0.252 e. The second-order valence-corrected chi connectivity index (χ2v) is 5.62. The number of amides is 1. The number of anilines is 1. The molecule has 0 aliphatic carbocycles. The van der Waals surface area contributed by atoms with Crippen molar-refractivity contribution in [3.63, 3.8) is 0 Å². The molecule has 0 saturated carbocycles. The van der Waals surface area contributed by atoms with Gasteiger partial charge in [-0.15, -0.1) is 11.3 Å². The average Bonchev–Trinajstić information content (AvgIpc) is 2.86. The van der Waals surface area contributed by atoms with E-state index in [1.54, 1.807) is 6.20 Å². The fraction of sp³-hybridized carbons (Fsp3) is 0.167. The Morgan fingerprint density at radius 1 is 1.53 bits per heavy atom. The smallest absolute Gasteiger partial charge is 0.252 e. The molecule has 0 radical (unpaired) electrons. The summed E-state index contributed by atoms with van der Waals surface area (Å²) in [6.07, 6.45) is 2.39. The van der Waals surface area contributed by atoms with Crippen molar-refractivity contribution in [3.05, 3.63) is 44.6 Å². The van der Waals surface area contributed by atoms with Crippen LogP contribution in [0.15, 0.2) is 28.2 Å². The van der Waals surface area contributed by atoms with Gasteiger partial charge in [0.2, 0.25) is 0 Å². The van der Waals surface area contributed by atoms with Crippen LogP contribution in [0.1, 0.15) is 15.4 Å². The summed E-state index contributed by atoms with van der Waals surface area (Å²) in [4.78, 5) is 16.0. The molecule has 2 rings (SSSR count). The molecule has 1 aromatic carbocycles. The summed E-state index contributed by atoms with van der Waals surface area (Å²) >= 11 is 4.68. The van der Waals surface area contributed by atoms with Crippen LogP contribution >= 0.6 is 27.3 Å². The lowest BCUT2D eigenvalue weighted by Crippen LogP contribution is -2.26. The van der Waals surface area contributed by atoms with Crippen molar-refractivity contribution >= 4 is 38.9 Å². The van der Waals surface area contributed by atoms with Crippen LogP contribution in [0, 0.1) is 5.82 Å². The zero-order valence-corrected chi connectivity index (χ0v) is 12.2. The third-order valence-corrected chi connectivity index (χ3v) is 3.93. The van der Waals surface area contributed by atoms with Crippen molar-refractivity contribution in [1.82, 2.24) is 10.3 Å². The van der Waals surface area contributed by atoms with Gasteiger partial charge in [-0.05, 0) is 28.1 Å². The number of nitrogen functional groups attached to an aromatic ring is 1. The van der Waals surface area contributed by atoms with E-state index in [-0.39, 0.29) is 11.6 Å². The number of nitrogens with one attached hydrogen (secondary N) is 1. The predicted octanol–water partition coefficient (Wildman–Crippen LogP) is 2.60. The number of thiazole rings is 1. The summed E-state index contributed by atoms with van der Waals surface area (Å²) in [6.45, 7) is 0.468. The standard InChI is InChI=1S/C12H11BrFN3OS/c13-8-6-9(14)10(15)5-7(8)12(18)17-2-1-11-16-3-4-19-11/h3-6H,1-2,15H2,(H,17,18). The molecule has 0 aliphatic heterocycles. The van der Waals surface area contributed by atoms with Crippen molar-refractivity contribution in [2.75, 3.05) is 12.3 Å². The molecule has 0 fully saturated rings. The molecule has 0 saturated heterocycles. The maximum atomic E-state index is 13.2. The Bertz CT molecular complexity index is 589. The van der Waals surface area contributed by atoms with Crippen LogP contribution in [0.25, 0.3) is 0 Å². The van der Waals surface area contributed by atoms with Crippen molar-refractivity contribution in [3.8, 4) is 0 Å². The molecular formula is C12H11BrFN3OS. The molecule has 100 valence electrons. The summed E-state index contributed by atoms with van der Waals surface area (Å²) in [7, 11) is 0. The van der Waals surface area contributed by atoms with Crippen molar-refractivity contribution in [1.29, 1.82) is 0 Å². The fourth-order valence-electron chi connectivity index (χ4n) is 1.49. The van der Waals surface area contributed by atoms with E-state index in [1.165, 1.54) is 23.5 Å². The van der Waals surface area contributed by atoms with Crippen molar-refractivity contribution < 1.29 is 9.18 Å². The minimum Gasteiger partial charge on any atom is -0.396 e. The quantitative estimate of drug-likeness (QED) is 0.838. The van der Waals surface area contributed by atoms with E-state index in [2.05, 4.69) is 26.2 Å². The molecule has 1 amide bonds. The third kappa shape index (κ3) is 3.51. The van der Waals surface area contributed by atoms with Crippen LogP contribution in [-0.2, 0) is 6.42 Å². The monoisotopic (exact) mass is 343 g/mol. The molecule has 3 N–H and O–H groups in total. The topological polar surface area (TPSA) is 68.0 Å². The van der Waals surface area contributed by atoms with Gasteiger partial charge in [-0.2, -0.15) is 0 Å². The lowest BCUT2D eigenvalue weighted by Gasteiger charge is -2.07. The molecule has 0 aliphatic rings. The van der Waals surface area contributed by atoms with Crippen LogP contribution in [0.5, 0.6) is 0 Å². The van der Waals surface area contributed by atoms with E-state index in [4.69, 9.17) is 5.73 Å². The van der Waals surface area contributed by atoms with Crippen LogP contribution in [0.2, 0.25) is 0 Å². The SMILES string of the molecule is Nc1cc(C(=O)NCCc2nccs2)c(Br)cc1F. The highest BCUT2D eigenvalue weighted by Crippen LogP contribution is 2.22. The highest BCUT2D eigenvalue weighted by Gasteiger charge is 2.13. The maximum absolute atomic E-state index is 13.2. The number of aromatic nitrogens is 1. The van der Waals surface area contributed by atoms with Gasteiger partial charge in [0.05, 0.1) is 16.3 Å². The first-order chi connectivity index (χ1) is 9.08. The van der Waals surface area contributed by atoms with Crippen molar-refractivity contribution in [2.45, 2.75) is 6.42 Å². The molecule has 0 bridgehead atoms. The Balaban J connectivity index is 1.98. The molecular weight excluding hydrogens is 333 g/mol. The zero-order valence-electron chi connectivity index (χ0n) is 9.82. The van der Waals surface area contributed by atoms with Gasteiger partial charge >= 0.3 is 0 Å². The van der Waals surface area contributed by atoms with E-state index in [0.29, 0.717) is 23.0 Å². The van der Waals surface area contributed by atoms with E-state index in [0.717, 1.165) is 5.01 Å². The van der Waals surface area contributed by atoms with Crippen LogP contribution in [0.4, 0.5) is 10.1 Å². The van der Waals surface area contributed by atoms with Crippen molar-refractivity contribution in [2.24, 2.45) is 0 Å². The second-order valence-electron chi connectivity index (χ2n) is 3.79. The number of carbonyl (C=O) groups is 1. The fourth-order valence-corrected chi connectivity index (χ4v) is 2.61. The first-order valence-electron chi connectivity index (χ1n) is 5.49. The van der Waals surface area contributed by atoms with E-state index < -0.39 is 5.82 Å². The Morgan fingerprint density at radius 3 is 3.00 bits per heavy atom. The second kappa shape index (κ2) is 6.12. The highest BCUT2D eigenvalue weighted by molar-refractivity contribution is 9.10. The molecule has 0 spiro atoms. The Hall–Kier alpha value is -1.47. The van der Waals surface area contributed by atoms with Gasteiger partial charge < -0.3 is 11.1 Å². The number of hydrogen-bond acceptors (Lipinski definition) is 4. The highest BCUT2D eigenvalue weighted by atomic mass is 79.9. The summed E-state index contributed by atoms with van der Waals surface area (Å²) in [5, 5.41) is 5.58. The minimum atomic E-state index is -0.550. The number of nitrogens with zero attached hydrogens (tertiary/aromatic N) is 1. The Morgan fingerprint density at radius 2 is 2.32 bits per heavy atom. The number of nitrogens with two attached hydrogens (primary N) is 1. The van der Waals surface area contributed by atoms with Gasteiger partial charge in [0, 0.05) is 29.0 Å². The number of rotatable bonds is 4. The molecule has 0 unspecified atom stereocenters. The van der Waals surface area contributed by atoms with Gasteiger partial charge in [-0.3, -0.25) is 4.79 Å². The first kappa shape index (κ1) is 14.0. The van der Waals surface area contributed by atoms with Gasteiger partial charge in [-0.25, -0.2) is 9.37 Å². The average molecular weight is 344 g/mol. The lowest BCUT2D eigenvalue weighted by atomic mass is 10.2. The zero-order chi connectivity index (χ0) is 13.8. The Kier molecular flexibility index (Phi) is 4.49. The van der Waals surface area contributed by atoms with Crippen LogP contribution in [0.3, 0.4) is 0 Å².